The number of benzene rings is 1. The molecule has 0 aromatic heterocycles. The zero-order chi connectivity index (χ0) is 12.5. The molecule has 0 aliphatic heterocycles. The Morgan fingerprint density at radius 1 is 1.24 bits per heavy atom. The normalized spacial score (nSPS) is 10.5. The Hall–Kier alpha value is -0.620. The van der Waals surface area contributed by atoms with E-state index in [2.05, 4.69) is 21.2 Å². The van der Waals surface area contributed by atoms with Gasteiger partial charge in [0.15, 0.2) is 6.79 Å². The zero-order valence-corrected chi connectivity index (χ0v) is 11.7. The van der Waals surface area contributed by atoms with Crippen LogP contribution in [0.5, 0.6) is 5.75 Å². The predicted molar refractivity (Wildman–Crippen MR) is 70.2 cm³/mol. The molecule has 0 saturated carbocycles. The number of halogens is 1. The number of hydrogen-bond donors (Lipinski definition) is 1. The van der Waals surface area contributed by atoms with Crippen molar-refractivity contribution in [3.05, 3.63) is 28.2 Å². The highest BCUT2D eigenvalue weighted by Crippen LogP contribution is 2.22. The molecule has 1 N–H and O–H groups in total. The van der Waals surface area contributed by atoms with Crippen molar-refractivity contribution in [2.75, 3.05) is 34.2 Å². The summed E-state index contributed by atoms with van der Waals surface area (Å²) in [6.45, 7) is 2.57. The van der Waals surface area contributed by atoms with Crippen molar-refractivity contribution in [1.29, 1.82) is 0 Å². The van der Waals surface area contributed by atoms with Gasteiger partial charge >= 0.3 is 0 Å². The Bertz CT molecular complexity index is 334. The third kappa shape index (κ3) is 5.50. The second kappa shape index (κ2) is 8.47. The van der Waals surface area contributed by atoms with Crippen LogP contribution >= 0.6 is 15.9 Å². The lowest BCUT2D eigenvalue weighted by Crippen LogP contribution is -2.18. The van der Waals surface area contributed by atoms with Crippen LogP contribution in [0, 0.1) is 0 Å². The molecule has 0 spiro atoms. The first kappa shape index (κ1) is 14.4. The first-order valence-corrected chi connectivity index (χ1v) is 6.17. The minimum atomic E-state index is 0.262. The molecule has 1 aromatic rings. The summed E-state index contributed by atoms with van der Waals surface area (Å²) in [6, 6.07) is 5.86. The Balaban J connectivity index is 2.50. The molecule has 0 aliphatic carbocycles. The Morgan fingerprint density at radius 2 is 2.06 bits per heavy atom. The van der Waals surface area contributed by atoms with Crippen molar-refractivity contribution < 1.29 is 14.2 Å². The minimum absolute atomic E-state index is 0.262. The molecule has 0 saturated heterocycles. The SMILES string of the molecule is COCCNCc1cc(OCOC)ccc1Br. The molecule has 0 fully saturated rings. The summed E-state index contributed by atoms with van der Waals surface area (Å²) in [5.74, 6) is 0.804. The maximum absolute atomic E-state index is 5.38. The van der Waals surface area contributed by atoms with Crippen molar-refractivity contribution >= 4 is 15.9 Å². The maximum Gasteiger partial charge on any atom is 0.188 e. The van der Waals surface area contributed by atoms with E-state index in [0.717, 1.165) is 28.9 Å². The summed E-state index contributed by atoms with van der Waals surface area (Å²) >= 11 is 3.51. The minimum Gasteiger partial charge on any atom is -0.468 e. The van der Waals surface area contributed by atoms with Crippen LogP contribution in [0.3, 0.4) is 0 Å². The molecule has 0 radical (unpaired) electrons. The molecule has 1 rings (SSSR count). The second-order valence-corrected chi connectivity index (χ2v) is 4.33. The lowest BCUT2D eigenvalue weighted by atomic mass is 10.2. The van der Waals surface area contributed by atoms with E-state index in [0.29, 0.717) is 6.61 Å². The summed E-state index contributed by atoms with van der Waals surface area (Å²) in [5.41, 5.74) is 1.15. The fourth-order valence-corrected chi connectivity index (χ4v) is 1.69. The van der Waals surface area contributed by atoms with Crippen molar-refractivity contribution in [1.82, 2.24) is 5.32 Å². The molecule has 1 aromatic carbocycles. The van der Waals surface area contributed by atoms with Gasteiger partial charge < -0.3 is 19.5 Å². The van der Waals surface area contributed by atoms with Crippen LogP contribution in [-0.2, 0) is 16.0 Å². The van der Waals surface area contributed by atoms with E-state index >= 15 is 0 Å². The van der Waals surface area contributed by atoms with Crippen LogP contribution in [0.4, 0.5) is 0 Å². The first-order valence-electron chi connectivity index (χ1n) is 5.37. The van der Waals surface area contributed by atoms with Crippen LogP contribution in [0.2, 0.25) is 0 Å². The number of rotatable bonds is 8. The van der Waals surface area contributed by atoms with E-state index in [-0.39, 0.29) is 6.79 Å². The molecule has 0 unspecified atom stereocenters. The number of nitrogens with one attached hydrogen (secondary N) is 1. The van der Waals surface area contributed by atoms with Crippen LogP contribution in [0.15, 0.2) is 22.7 Å². The summed E-state index contributed by atoms with van der Waals surface area (Å²) in [7, 11) is 3.29. The van der Waals surface area contributed by atoms with E-state index in [1.807, 2.05) is 18.2 Å². The monoisotopic (exact) mass is 303 g/mol. The van der Waals surface area contributed by atoms with Crippen molar-refractivity contribution in [2.45, 2.75) is 6.54 Å². The van der Waals surface area contributed by atoms with Gasteiger partial charge in [-0.15, -0.1) is 0 Å². The Morgan fingerprint density at radius 3 is 2.76 bits per heavy atom. The molecular weight excluding hydrogens is 286 g/mol. The lowest BCUT2D eigenvalue weighted by molar-refractivity contribution is 0.0510. The average molecular weight is 304 g/mol. The Labute approximate surface area is 110 Å². The molecule has 4 nitrogen and oxygen atoms in total. The molecule has 0 heterocycles. The number of ether oxygens (including phenoxy) is 3. The van der Waals surface area contributed by atoms with E-state index in [4.69, 9.17) is 14.2 Å². The molecule has 0 atom stereocenters. The van der Waals surface area contributed by atoms with E-state index in [1.54, 1.807) is 14.2 Å². The average Bonchev–Trinajstić information content (AvgIpc) is 2.35. The second-order valence-electron chi connectivity index (χ2n) is 3.47. The molecule has 17 heavy (non-hydrogen) atoms. The van der Waals surface area contributed by atoms with Crippen LogP contribution in [-0.4, -0.2) is 34.2 Å². The van der Waals surface area contributed by atoms with E-state index in [9.17, 15) is 0 Å². The summed E-state index contributed by atoms with van der Waals surface area (Å²) in [5, 5.41) is 3.28. The van der Waals surface area contributed by atoms with E-state index in [1.165, 1.54) is 0 Å². The quantitative estimate of drug-likeness (QED) is 0.590. The van der Waals surface area contributed by atoms with Gasteiger partial charge in [-0.3, -0.25) is 0 Å². The molecular formula is C12H18BrNO3. The van der Waals surface area contributed by atoms with Gasteiger partial charge in [0.1, 0.15) is 5.75 Å². The topological polar surface area (TPSA) is 39.7 Å². The third-order valence-corrected chi connectivity index (χ3v) is 2.93. The lowest BCUT2D eigenvalue weighted by Gasteiger charge is -2.10. The Kier molecular flexibility index (Phi) is 7.19. The zero-order valence-electron chi connectivity index (χ0n) is 10.2. The largest absolute Gasteiger partial charge is 0.468 e. The fraction of sp³-hybridized carbons (Fsp3) is 0.500. The van der Waals surface area contributed by atoms with Gasteiger partial charge in [-0.1, -0.05) is 15.9 Å². The fourth-order valence-electron chi connectivity index (χ4n) is 1.30. The molecule has 0 bridgehead atoms. The standard InChI is InChI=1S/C12H18BrNO3/c1-15-6-5-14-8-10-7-11(17-9-16-2)3-4-12(10)13/h3-4,7,14H,5-6,8-9H2,1-2H3. The molecule has 5 heteroatoms. The molecule has 0 amide bonds. The van der Waals surface area contributed by atoms with Crippen molar-refractivity contribution in [3.8, 4) is 5.75 Å². The van der Waals surface area contributed by atoms with Gasteiger partial charge in [-0.05, 0) is 23.8 Å². The smallest absolute Gasteiger partial charge is 0.188 e. The molecule has 96 valence electrons. The summed E-state index contributed by atoms with van der Waals surface area (Å²) in [4.78, 5) is 0. The van der Waals surface area contributed by atoms with Gasteiger partial charge in [-0.25, -0.2) is 0 Å². The van der Waals surface area contributed by atoms with Gasteiger partial charge in [0.05, 0.1) is 6.61 Å². The van der Waals surface area contributed by atoms with Gasteiger partial charge in [0, 0.05) is 31.8 Å². The third-order valence-electron chi connectivity index (χ3n) is 2.16. The van der Waals surface area contributed by atoms with E-state index < -0.39 is 0 Å². The van der Waals surface area contributed by atoms with Gasteiger partial charge in [0.2, 0.25) is 0 Å². The van der Waals surface area contributed by atoms with Gasteiger partial charge in [-0.2, -0.15) is 0 Å². The summed E-state index contributed by atoms with van der Waals surface area (Å²) in [6.07, 6.45) is 0. The van der Waals surface area contributed by atoms with Crippen LogP contribution in [0.25, 0.3) is 0 Å². The first-order chi connectivity index (χ1) is 8.27. The summed E-state index contributed by atoms with van der Waals surface area (Å²) < 4.78 is 16.3. The van der Waals surface area contributed by atoms with Crippen molar-refractivity contribution in [3.63, 3.8) is 0 Å². The predicted octanol–water partition coefficient (Wildman–Crippen LogP) is 2.17. The highest BCUT2D eigenvalue weighted by molar-refractivity contribution is 9.10. The number of hydrogen-bond acceptors (Lipinski definition) is 4. The van der Waals surface area contributed by atoms with Crippen molar-refractivity contribution in [2.24, 2.45) is 0 Å². The highest BCUT2D eigenvalue weighted by Gasteiger charge is 2.02. The number of methoxy groups -OCH3 is 2. The highest BCUT2D eigenvalue weighted by atomic mass is 79.9. The maximum atomic E-state index is 5.38. The van der Waals surface area contributed by atoms with Gasteiger partial charge in [0.25, 0.3) is 0 Å². The molecule has 0 aliphatic rings. The van der Waals surface area contributed by atoms with Crippen LogP contribution < -0.4 is 10.1 Å². The van der Waals surface area contributed by atoms with Crippen LogP contribution in [0.1, 0.15) is 5.56 Å².